The third-order valence-electron chi connectivity index (χ3n) is 4.87. The number of nitrogens with one attached hydrogen (secondary N) is 1. The molecular weight excluding hydrogens is 226 g/mol. The van der Waals surface area contributed by atoms with Crippen LogP contribution >= 0.6 is 0 Å². The molecule has 3 saturated carbocycles. The highest BCUT2D eigenvalue weighted by Gasteiger charge is 2.57. The number of nitrogens with two attached hydrogens (primary N) is 1. The molecule has 3 aliphatic rings. The predicted molar refractivity (Wildman–Crippen MR) is 72.5 cm³/mol. The van der Waals surface area contributed by atoms with Gasteiger partial charge in [-0.1, -0.05) is 12.8 Å². The molecule has 0 aromatic heterocycles. The summed E-state index contributed by atoms with van der Waals surface area (Å²) < 4.78 is 5.89. The van der Waals surface area contributed by atoms with Crippen LogP contribution in [0.3, 0.4) is 0 Å². The molecule has 3 fully saturated rings. The van der Waals surface area contributed by atoms with E-state index in [1.54, 1.807) is 0 Å². The first kappa shape index (κ1) is 12.3. The van der Waals surface area contributed by atoms with Crippen LogP contribution in [-0.2, 0) is 4.74 Å². The van der Waals surface area contributed by atoms with E-state index in [9.17, 15) is 0 Å². The van der Waals surface area contributed by atoms with Crippen LogP contribution in [0.15, 0.2) is 4.99 Å². The van der Waals surface area contributed by atoms with Gasteiger partial charge in [-0.05, 0) is 39.0 Å². The van der Waals surface area contributed by atoms with E-state index in [1.165, 1.54) is 38.5 Å². The van der Waals surface area contributed by atoms with Crippen LogP contribution in [0.1, 0.15) is 51.9 Å². The van der Waals surface area contributed by atoms with Gasteiger partial charge >= 0.3 is 0 Å². The first-order valence-corrected chi connectivity index (χ1v) is 7.46. The molecule has 0 saturated heterocycles. The maximum absolute atomic E-state index is 5.99. The summed E-state index contributed by atoms with van der Waals surface area (Å²) in [4.78, 5) is 4.73. The average Bonchev–Trinajstić information content (AvgIpc) is 2.98. The van der Waals surface area contributed by atoms with E-state index in [0.717, 1.165) is 13.0 Å². The van der Waals surface area contributed by atoms with Gasteiger partial charge in [-0.25, -0.2) is 4.99 Å². The van der Waals surface area contributed by atoms with Crippen molar-refractivity contribution >= 4 is 5.96 Å². The summed E-state index contributed by atoms with van der Waals surface area (Å²) in [5.74, 6) is 0.656. The summed E-state index contributed by atoms with van der Waals surface area (Å²) >= 11 is 0. The fraction of sp³-hybridized carbons (Fsp3) is 0.929. The Morgan fingerprint density at radius 1 is 1.39 bits per heavy atom. The molecule has 102 valence electrons. The highest BCUT2D eigenvalue weighted by atomic mass is 16.5. The molecule has 0 aromatic carbocycles. The van der Waals surface area contributed by atoms with Crippen LogP contribution in [0.5, 0.6) is 0 Å². The van der Waals surface area contributed by atoms with Gasteiger partial charge in [-0.3, -0.25) is 0 Å². The molecule has 4 nitrogen and oxygen atoms in total. The van der Waals surface area contributed by atoms with Gasteiger partial charge in [0.1, 0.15) is 0 Å². The highest BCUT2D eigenvalue weighted by Crippen LogP contribution is 2.56. The third-order valence-corrected chi connectivity index (χ3v) is 4.87. The molecule has 0 bridgehead atoms. The molecule has 1 spiro atoms. The van der Waals surface area contributed by atoms with Gasteiger partial charge in [0.2, 0.25) is 0 Å². The monoisotopic (exact) mass is 251 g/mol. The van der Waals surface area contributed by atoms with Crippen molar-refractivity contribution in [3.8, 4) is 0 Å². The molecule has 0 aromatic rings. The van der Waals surface area contributed by atoms with Gasteiger partial charge in [0.25, 0.3) is 0 Å². The highest BCUT2D eigenvalue weighted by molar-refractivity contribution is 5.78. The normalized spacial score (nSPS) is 34.6. The van der Waals surface area contributed by atoms with Crippen LogP contribution in [0.25, 0.3) is 0 Å². The largest absolute Gasteiger partial charge is 0.378 e. The summed E-state index contributed by atoms with van der Waals surface area (Å²) in [6.45, 7) is 2.90. The molecule has 3 aliphatic carbocycles. The second-order valence-electron chi connectivity index (χ2n) is 6.07. The smallest absolute Gasteiger partial charge is 0.189 e. The molecule has 3 N–H and O–H groups in total. The predicted octanol–water partition coefficient (Wildman–Crippen LogP) is 1.79. The van der Waals surface area contributed by atoms with Crippen molar-refractivity contribution in [2.75, 3.05) is 6.61 Å². The lowest BCUT2D eigenvalue weighted by Crippen LogP contribution is -2.57. The molecule has 0 unspecified atom stereocenters. The first-order chi connectivity index (χ1) is 8.74. The number of rotatable bonds is 4. The number of nitrogens with zero attached hydrogens (tertiary/aromatic N) is 1. The Hall–Kier alpha value is -0.770. The summed E-state index contributed by atoms with van der Waals surface area (Å²) in [5.41, 5.74) is 6.30. The number of hydrogen-bond donors (Lipinski definition) is 2. The lowest BCUT2D eigenvalue weighted by atomic mass is 9.61. The van der Waals surface area contributed by atoms with Crippen molar-refractivity contribution in [3.05, 3.63) is 0 Å². The molecule has 18 heavy (non-hydrogen) atoms. The van der Waals surface area contributed by atoms with Crippen molar-refractivity contribution in [1.82, 2.24) is 5.32 Å². The van der Waals surface area contributed by atoms with Crippen molar-refractivity contribution in [1.29, 1.82) is 0 Å². The Morgan fingerprint density at radius 3 is 2.72 bits per heavy atom. The van der Waals surface area contributed by atoms with E-state index in [4.69, 9.17) is 15.5 Å². The van der Waals surface area contributed by atoms with E-state index in [0.29, 0.717) is 29.6 Å². The number of aliphatic imine (C=N–C) groups is 1. The standard InChI is InChI=1S/C14H25N3O/c1-2-18-12-9-11(14(12)7-3-4-8-14)17-13(15)16-10-5-6-10/h10-12H,2-9H2,1H3,(H3,15,16,17)/t11-,12-/m0/s1. The topological polar surface area (TPSA) is 59.6 Å². The molecule has 0 aliphatic heterocycles. The van der Waals surface area contributed by atoms with Crippen LogP contribution < -0.4 is 11.1 Å². The van der Waals surface area contributed by atoms with Gasteiger partial charge in [-0.15, -0.1) is 0 Å². The number of hydrogen-bond acceptors (Lipinski definition) is 2. The van der Waals surface area contributed by atoms with Gasteiger partial charge in [0.15, 0.2) is 5.96 Å². The molecule has 0 amide bonds. The van der Waals surface area contributed by atoms with E-state index in [1.807, 2.05) is 0 Å². The zero-order valence-electron chi connectivity index (χ0n) is 11.3. The SMILES string of the molecule is CCO[C@H]1C[C@H](N=C(N)NC2CC2)C12CCCC2. The zero-order chi connectivity index (χ0) is 12.6. The fourth-order valence-electron chi connectivity index (χ4n) is 3.67. The molecular formula is C14H25N3O. The quantitative estimate of drug-likeness (QED) is 0.591. The minimum Gasteiger partial charge on any atom is -0.378 e. The van der Waals surface area contributed by atoms with Gasteiger partial charge in [0.05, 0.1) is 12.1 Å². The Labute approximate surface area is 109 Å². The van der Waals surface area contributed by atoms with Crippen molar-refractivity contribution in [2.24, 2.45) is 16.1 Å². The average molecular weight is 251 g/mol. The Balaban J connectivity index is 1.65. The van der Waals surface area contributed by atoms with E-state index in [-0.39, 0.29) is 0 Å². The molecule has 0 heterocycles. The lowest BCUT2D eigenvalue weighted by Gasteiger charge is -2.52. The molecule has 4 heteroatoms. The van der Waals surface area contributed by atoms with E-state index >= 15 is 0 Å². The molecule has 3 rings (SSSR count). The maximum atomic E-state index is 5.99. The summed E-state index contributed by atoms with van der Waals surface area (Å²) in [6, 6.07) is 0.985. The van der Waals surface area contributed by atoms with Crippen LogP contribution in [0, 0.1) is 5.41 Å². The first-order valence-electron chi connectivity index (χ1n) is 7.46. The van der Waals surface area contributed by atoms with Crippen LogP contribution in [0.2, 0.25) is 0 Å². The van der Waals surface area contributed by atoms with Crippen LogP contribution in [-0.4, -0.2) is 30.8 Å². The summed E-state index contributed by atoms with van der Waals surface area (Å²) in [5, 5.41) is 3.29. The van der Waals surface area contributed by atoms with Crippen molar-refractivity contribution in [2.45, 2.75) is 70.1 Å². The fourth-order valence-corrected chi connectivity index (χ4v) is 3.67. The maximum Gasteiger partial charge on any atom is 0.189 e. The minimum atomic E-state index is 0.311. The summed E-state index contributed by atoms with van der Waals surface area (Å²) in [7, 11) is 0. The van der Waals surface area contributed by atoms with E-state index < -0.39 is 0 Å². The Bertz CT molecular complexity index is 332. The number of guanidine groups is 1. The van der Waals surface area contributed by atoms with Gasteiger partial charge < -0.3 is 15.8 Å². The third kappa shape index (κ3) is 2.11. The Morgan fingerprint density at radius 2 is 2.11 bits per heavy atom. The lowest BCUT2D eigenvalue weighted by molar-refractivity contribution is -0.119. The second-order valence-corrected chi connectivity index (χ2v) is 6.07. The zero-order valence-corrected chi connectivity index (χ0v) is 11.3. The van der Waals surface area contributed by atoms with Gasteiger partial charge in [-0.2, -0.15) is 0 Å². The van der Waals surface area contributed by atoms with E-state index in [2.05, 4.69) is 12.2 Å². The summed E-state index contributed by atoms with van der Waals surface area (Å²) in [6.07, 6.45) is 9.15. The Kier molecular flexibility index (Phi) is 3.22. The van der Waals surface area contributed by atoms with Crippen molar-refractivity contribution in [3.63, 3.8) is 0 Å². The molecule has 2 atom stereocenters. The second kappa shape index (κ2) is 4.72. The minimum absolute atomic E-state index is 0.311. The van der Waals surface area contributed by atoms with Crippen molar-refractivity contribution < 1.29 is 4.74 Å². The van der Waals surface area contributed by atoms with Crippen LogP contribution in [0.4, 0.5) is 0 Å². The molecule has 0 radical (unpaired) electrons. The number of ether oxygens (including phenoxy) is 1. The van der Waals surface area contributed by atoms with Gasteiger partial charge in [0, 0.05) is 18.1 Å².